The van der Waals surface area contributed by atoms with E-state index in [4.69, 9.17) is 11.6 Å². The number of benzene rings is 1. The average Bonchev–Trinajstić information content (AvgIpc) is 3.18. The SMILES string of the molecule is CC(CC1CCC1)n1cc(NC(=O)Nc2c[nH]c3ccc(Cl)cc23)cn1. The van der Waals surface area contributed by atoms with Crippen LogP contribution in [0.2, 0.25) is 5.02 Å². The molecule has 1 unspecified atom stereocenters. The smallest absolute Gasteiger partial charge is 0.323 e. The number of hydrogen-bond donors (Lipinski definition) is 3. The fourth-order valence-corrected chi connectivity index (χ4v) is 3.62. The Balaban J connectivity index is 1.39. The average molecular weight is 372 g/mol. The summed E-state index contributed by atoms with van der Waals surface area (Å²) in [4.78, 5) is 15.4. The molecule has 2 heterocycles. The molecule has 0 bridgehead atoms. The third kappa shape index (κ3) is 3.55. The van der Waals surface area contributed by atoms with E-state index in [-0.39, 0.29) is 6.03 Å². The van der Waals surface area contributed by atoms with E-state index >= 15 is 0 Å². The van der Waals surface area contributed by atoms with Crippen molar-refractivity contribution >= 4 is 39.9 Å². The van der Waals surface area contributed by atoms with E-state index in [2.05, 4.69) is 27.6 Å². The van der Waals surface area contributed by atoms with Gasteiger partial charge in [0.15, 0.2) is 0 Å². The highest BCUT2D eigenvalue weighted by molar-refractivity contribution is 6.31. The first kappa shape index (κ1) is 17.0. The summed E-state index contributed by atoms with van der Waals surface area (Å²) in [6, 6.07) is 5.55. The van der Waals surface area contributed by atoms with Crippen LogP contribution in [-0.2, 0) is 0 Å². The van der Waals surface area contributed by atoms with E-state index in [1.54, 1.807) is 12.4 Å². The van der Waals surface area contributed by atoms with Crippen LogP contribution in [0.25, 0.3) is 10.9 Å². The first-order chi connectivity index (χ1) is 12.6. The summed E-state index contributed by atoms with van der Waals surface area (Å²) < 4.78 is 1.93. The molecule has 0 spiro atoms. The zero-order chi connectivity index (χ0) is 18.1. The quantitative estimate of drug-likeness (QED) is 0.560. The minimum absolute atomic E-state index is 0.308. The molecule has 0 aliphatic heterocycles. The highest BCUT2D eigenvalue weighted by Crippen LogP contribution is 2.33. The van der Waals surface area contributed by atoms with Gasteiger partial charge in [-0.1, -0.05) is 30.9 Å². The molecule has 1 aliphatic carbocycles. The number of aromatic nitrogens is 3. The van der Waals surface area contributed by atoms with Gasteiger partial charge in [0.1, 0.15) is 0 Å². The molecule has 1 aliphatic rings. The van der Waals surface area contributed by atoms with Crippen molar-refractivity contribution in [3.8, 4) is 0 Å². The first-order valence-corrected chi connectivity index (χ1v) is 9.35. The van der Waals surface area contributed by atoms with E-state index in [1.807, 2.05) is 29.1 Å². The number of H-pyrrole nitrogens is 1. The van der Waals surface area contributed by atoms with Crippen LogP contribution in [0.3, 0.4) is 0 Å². The van der Waals surface area contributed by atoms with Gasteiger partial charge in [-0.05, 0) is 37.5 Å². The largest absolute Gasteiger partial charge is 0.359 e. The lowest BCUT2D eigenvalue weighted by molar-refractivity contribution is 0.250. The van der Waals surface area contributed by atoms with Gasteiger partial charge < -0.3 is 15.6 Å². The molecular weight excluding hydrogens is 350 g/mol. The highest BCUT2D eigenvalue weighted by atomic mass is 35.5. The molecule has 1 aromatic carbocycles. The second-order valence-electron chi connectivity index (χ2n) is 7.06. The minimum Gasteiger partial charge on any atom is -0.359 e. The van der Waals surface area contributed by atoms with Gasteiger partial charge in [-0.2, -0.15) is 5.10 Å². The van der Waals surface area contributed by atoms with Gasteiger partial charge in [0, 0.05) is 34.4 Å². The van der Waals surface area contributed by atoms with Crippen LogP contribution in [0.15, 0.2) is 36.8 Å². The van der Waals surface area contributed by atoms with Crippen LogP contribution in [-0.4, -0.2) is 20.8 Å². The molecule has 2 aromatic heterocycles. The molecule has 4 rings (SSSR count). The first-order valence-electron chi connectivity index (χ1n) is 8.97. The lowest BCUT2D eigenvalue weighted by Crippen LogP contribution is -2.19. The second kappa shape index (κ2) is 7.03. The molecule has 1 saturated carbocycles. The molecular formula is C19H22ClN5O. The number of anilines is 2. The third-order valence-corrected chi connectivity index (χ3v) is 5.34. The van der Waals surface area contributed by atoms with Crippen LogP contribution >= 0.6 is 11.6 Å². The Morgan fingerprint density at radius 1 is 1.42 bits per heavy atom. The number of carbonyl (C=O) groups is 1. The molecule has 7 heteroatoms. The predicted molar refractivity (Wildman–Crippen MR) is 105 cm³/mol. The molecule has 2 amide bonds. The Morgan fingerprint density at radius 3 is 3.04 bits per heavy atom. The fraction of sp³-hybridized carbons (Fsp3) is 0.368. The summed E-state index contributed by atoms with van der Waals surface area (Å²) in [7, 11) is 0. The van der Waals surface area contributed by atoms with Crippen molar-refractivity contribution in [3.63, 3.8) is 0 Å². The maximum Gasteiger partial charge on any atom is 0.323 e. The van der Waals surface area contributed by atoms with Gasteiger partial charge in [-0.25, -0.2) is 4.79 Å². The van der Waals surface area contributed by atoms with Crippen molar-refractivity contribution in [1.29, 1.82) is 0 Å². The maximum atomic E-state index is 12.3. The molecule has 3 N–H and O–H groups in total. The Labute approximate surface area is 156 Å². The van der Waals surface area contributed by atoms with E-state index in [0.717, 1.165) is 23.2 Å². The van der Waals surface area contributed by atoms with Gasteiger partial charge in [0.25, 0.3) is 0 Å². The van der Waals surface area contributed by atoms with Gasteiger partial charge in [-0.15, -0.1) is 0 Å². The standard InChI is InChI=1S/C19H22ClN5O/c1-12(7-13-3-2-4-13)25-11-15(9-22-25)23-19(26)24-18-10-21-17-6-5-14(20)8-16(17)18/h5-6,8-13,21H,2-4,7H2,1H3,(H2,23,24,26). The number of nitrogens with zero attached hydrogens (tertiary/aromatic N) is 2. The zero-order valence-corrected chi connectivity index (χ0v) is 15.4. The molecule has 0 saturated heterocycles. The lowest BCUT2D eigenvalue weighted by atomic mass is 9.81. The number of amides is 2. The molecule has 1 atom stereocenters. The maximum absolute atomic E-state index is 12.3. The molecule has 26 heavy (non-hydrogen) atoms. The monoisotopic (exact) mass is 371 g/mol. The van der Waals surface area contributed by atoms with E-state index < -0.39 is 0 Å². The molecule has 1 fully saturated rings. The summed E-state index contributed by atoms with van der Waals surface area (Å²) in [5.74, 6) is 0.822. The van der Waals surface area contributed by atoms with Crippen LogP contribution in [0.4, 0.5) is 16.2 Å². The van der Waals surface area contributed by atoms with Gasteiger partial charge in [0.05, 0.1) is 17.6 Å². The number of aromatic amines is 1. The Kier molecular flexibility index (Phi) is 4.59. The zero-order valence-electron chi connectivity index (χ0n) is 14.6. The number of rotatable bonds is 5. The summed E-state index contributed by atoms with van der Waals surface area (Å²) in [6.45, 7) is 2.17. The lowest BCUT2D eigenvalue weighted by Gasteiger charge is -2.28. The van der Waals surface area contributed by atoms with E-state index in [0.29, 0.717) is 22.4 Å². The van der Waals surface area contributed by atoms with Crippen molar-refractivity contribution < 1.29 is 4.79 Å². The van der Waals surface area contributed by atoms with Crippen LogP contribution in [0.5, 0.6) is 0 Å². The number of carbonyl (C=O) groups excluding carboxylic acids is 1. The Morgan fingerprint density at radius 2 is 2.27 bits per heavy atom. The van der Waals surface area contributed by atoms with Gasteiger partial charge in [0.2, 0.25) is 0 Å². The van der Waals surface area contributed by atoms with Crippen molar-refractivity contribution in [2.45, 2.75) is 38.6 Å². The van der Waals surface area contributed by atoms with E-state index in [9.17, 15) is 4.79 Å². The molecule has 0 radical (unpaired) electrons. The van der Waals surface area contributed by atoms with Gasteiger partial charge >= 0.3 is 6.03 Å². The number of halogens is 1. The highest BCUT2D eigenvalue weighted by Gasteiger charge is 2.21. The van der Waals surface area contributed by atoms with Gasteiger partial charge in [-0.3, -0.25) is 4.68 Å². The Bertz CT molecular complexity index is 927. The fourth-order valence-electron chi connectivity index (χ4n) is 3.44. The molecule has 3 aromatic rings. The topological polar surface area (TPSA) is 74.7 Å². The number of nitrogens with one attached hydrogen (secondary N) is 3. The van der Waals surface area contributed by atoms with E-state index in [1.165, 1.54) is 19.3 Å². The van der Waals surface area contributed by atoms with Crippen molar-refractivity contribution in [2.75, 3.05) is 10.6 Å². The van der Waals surface area contributed by atoms with Crippen LogP contribution in [0, 0.1) is 5.92 Å². The number of urea groups is 1. The predicted octanol–water partition coefficient (Wildman–Crippen LogP) is 5.41. The summed E-state index contributed by atoms with van der Waals surface area (Å²) >= 11 is 6.04. The number of fused-ring (bicyclic) bond motifs is 1. The summed E-state index contributed by atoms with van der Waals surface area (Å²) in [6.07, 6.45) is 10.5. The summed E-state index contributed by atoms with van der Waals surface area (Å²) in [5.41, 5.74) is 2.29. The van der Waals surface area contributed by atoms with Crippen molar-refractivity contribution in [3.05, 3.63) is 41.8 Å². The van der Waals surface area contributed by atoms with Crippen LogP contribution in [0.1, 0.15) is 38.6 Å². The second-order valence-corrected chi connectivity index (χ2v) is 7.50. The summed E-state index contributed by atoms with van der Waals surface area (Å²) in [5, 5.41) is 11.6. The molecule has 136 valence electrons. The van der Waals surface area contributed by atoms with Crippen LogP contribution < -0.4 is 10.6 Å². The normalized spacial score (nSPS) is 15.6. The third-order valence-electron chi connectivity index (χ3n) is 5.10. The number of hydrogen-bond acceptors (Lipinski definition) is 2. The molecule has 6 nitrogen and oxygen atoms in total. The van der Waals surface area contributed by atoms with Crippen molar-refractivity contribution in [2.24, 2.45) is 5.92 Å². The Hall–Kier alpha value is -2.47. The minimum atomic E-state index is -0.308. The van der Waals surface area contributed by atoms with Crippen molar-refractivity contribution in [1.82, 2.24) is 14.8 Å².